The minimum atomic E-state index is 0.656. The van der Waals surface area contributed by atoms with E-state index >= 15 is 0 Å². The van der Waals surface area contributed by atoms with Gasteiger partial charge in [0.05, 0.1) is 0 Å². The minimum absolute atomic E-state index is 0.656. The summed E-state index contributed by atoms with van der Waals surface area (Å²) in [6.07, 6.45) is 0.949. The van der Waals surface area contributed by atoms with Crippen LogP contribution in [0.25, 0.3) is 0 Å². The lowest BCUT2D eigenvalue weighted by Gasteiger charge is -2.11. The Bertz CT molecular complexity index is 99.1. The maximum absolute atomic E-state index is 7.21. The second-order valence-electron chi connectivity index (χ2n) is 2.64. The van der Waals surface area contributed by atoms with E-state index in [4.69, 9.17) is 5.41 Å². The van der Waals surface area contributed by atoms with Crippen molar-refractivity contribution in [3.63, 3.8) is 0 Å². The lowest BCUT2D eigenvalue weighted by molar-refractivity contribution is 0.616. The quantitative estimate of drug-likeness (QED) is 0.445. The average molecular weight is 239 g/mol. The van der Waals surface area contributed by atoms with Crippen LogP contribution in [0.4, 0.5) is 0 Å². The van der Waals surface area contributed by atoms with Gasteiger partial charge >= 0.3 is 0 Å². The van der Waals surface area contributed by atoms with Crippen molar-refractivity contribution in [2.45, 2.75) is 31.1 Å². The van der Waals surface area contributed by atoms with Gasteiger partial charge in [-0.1, -0.05) is 36.4 Å². The van der Waals surface area contributed by atoms with Crippen LogP contribution in [0, 0.1) is 11.3 Å². The molecule has 9 heavy (non-hydrogen) atoms. The molecule has 0 aliphatic carbocycles. The van der Waals surface area contributed by atoms with Crippen molar-refractivity contribution >= 4 is 28.3 Å². The van der Waals surface area contributed by atoms with Crippen LogP contribution in [0.15, 0.2) is 0 Å². The normalized spacial score (nSPS) is 16.9. The molecule has 0 radical (unpaired) electrons. The second-order valence-corrected chi connectivity index (χ2v) is 4.60. The molecular formula is C7H14IN. The SMILES string of the molecule is CC(=N)CC(C)C(C)I. The van der Waals surface area contributed by atoms with E-state index in [0.29, 0.717) is 9.84 Å². The number of hydrogen-bond donors (Lipinski definition) is 1. The molecule has 0 fully saturated rings. The van der Waals surface area contributed by atoms with Gasteiger partial charge in [0.15, 0.2) is 0 Å². The van der Waals surface area contributed by atoms with Crippen LogP contribution in [-0.4, -0.2) is 9.64 Å². The van der Waals surface area contributed by atoms with Crippen molar-refractivity contribution in [3.05, 3.63) is 0 Å². The highest BCUT2D eigenvalue weighted by atomic mass is 127. The monoisotopic (exact) mass is 239 g/mol. The number of alkyl halides is 1. The third kappa shape index (κ3) is 4.88. The molecule has 0 aliphatic rings. The van der Waals surface area contributed by atoms with Gasteiger partial charge in [-0.25, -0.2) is 0 Å². The molecule has 0 aromatic carbocycles. The largest absolute Gasteiger partial charge is 0.310 e. The van der Waals surface area contributed by atoms with Gasteiger partial charge in [-0.2, -0.15) is 0 Å². The molecule has 54 valence electrons. The fourth-order valence-corrected chi connectivity index (χ4v) is 0.900. The Hall–Kier alpha value is 0.400. The lowest BCUT2D eigenvalue weighted by atomic mass is 10.0. The summed E-state index contributed by atoms with van der Waals surface area (Å²) in [7, 11) is 0. The predicted molar refractivity (Wildman–Crippen MR) is 50.7 cm³/mol. The highest BCUT2D eigenvalue weighted by molar-refractivity contribution is 14.1. The van der Waals surface area contributed by atoms with E-state index < -0.39 is 0 Å². The molecule has 0 rings (SSSR count). The van der Waals surface area contributed by atoms with Crippen molar-refractivity contribution in [1.82, 2.24) is 0 Å². The molecule has 0 amide bonds. The third-order valence-electron chi connectivity index (χ3n) is 1.41. The topological polar surface area (TPSA) is 23.9 Å². The van der Waals surface area contributed by atoms with Crippen molar-refractivity contribution < 1.29 is 0 Å². The Balaban J connectivity index is 3.50. The van der Waals surface area contributed by atoms with Crippen LogP contribution < -0.4 is 0 Å². The summed E-state index contributed by atoms with van der Waals surface area (Å²) < 4.78 is 0.683. The minimum Gasteiger partial charge on any atom is -0.310 e. The molecule has 0 aromatic rings. The maximum atomic E-state index is 7.21. The summed E-state index contributed by atoms with van der Waals surface area (Å²) >= 11 is 2.41. The molecule has 0 heterocycles. The van der Waals surface area contributed by atoms with Gasteiger partial charge in [-0.15, -0.1) is 0 Å². The first-order valence-electron chi connectivity index (χ1n) is 3.22. The molecule has 0 aliphatic heterocycles. The van der Waals surface area contributed by atoms with Crippen LogP contribution >= 0.6 is 22.6 Å². The molecule has 0 aromatic heterocycles. The average Bonchev–Trinajstić information content (AvgIpc) is 1.63. The van der Waals surface area contributed by atoms with Crippen molar-refractivity contribution in [2.24, 2.45) is 5.92 Å². The first-order valence-corrected chi connectivity index (χ1v) is 4.46. The van der Waals surface area contributed by atoms with Crippen molar-refractivity contribution in [3.8, 4) is 0 Å². The Morgan fingerprint density at radius 1 is 1.56 bits per heavy atom. The Morgan fingerprint density at radius 3 is 2.11 bits per heavy atom. The summed E-state index contributed by atoms with van der Waals surface area (Å²) in [4.78, 5) is 0. The molecule has 0 bridgehead atoms. The van der Waals surface area contributed by atoms with Crippen LogP contribution in [0.2, 0.25) is 0 Å². The van der Waals surface area contributed by atoms with E-state index in [-0.39, 0.29) is 0 Å². The number of halogens is 1. The van der Waals surface area contributed by atoms with E-state index in [1.54, 1.807) is 0 Å². The molecule has 2 atom stereocenters. The predicted octanol–water partition coefficient (Wildman–Crippen LogP) is 2.88. The second kappa shape index (κ2) is 4.25. The van der Waals surface area contributed by atoms with Gasteiger partial charge < -0.3 is 5.41 Å². The van der Waals surface area contributed by atoms with Crippen LogP contribution in [-0.2, 0) is 0 Å². The zero-order valence-corrected chi connectivity index (χ0v) is 8.40. The first-order chi connectivity index (χ1) is 4.04. The summed E-state index contributed by atoms with van der Waals surface area (Å²) in [6.45, 7) is 6.25. The van der Waals surface area contributed by atoms with Gasteiger partial charge in [0.2, 0.25) is 0 Å². The molecule has 0 spiro atoms. The van der Waals surface area contributed by atoms with Crippen LogP contribution in [0.5, 0.6) is 0 Å². The Morgan fingerprint density at radius 2 is 2.00 bits per heavy atom. The number of hydrogen-bond acceptors (Lipinski definition) is 1. The van der Waals surface area contributed by atoms with E-state index in [9.17, 15) is 0 Å². The zero-order valence-electron chi connectivity index (χ0n) is 6.24. The third-order valence-corrected chi connectivity index (χ3v) is 2.64. The van der Waals surface area contributed by atoms with E-state index in [2.05, 4.69) is 36.4 Å². The van der Waals surface area contributed by atoms with Gasteiger partial charge in [-0.3, -0.25) is 0 Å². The van der Waals surface area contributed by atoms with Gasteiger partial charge in [0, 0.05) is 9.64 Å². The molecule has 0 saturated heterocycles. The van der Waals surface area contributed by atoms with Crippen LogP contribution in [0.1, 0.15) is 27.2 Å². The van der Waals surface area contributed by atoms with E-state index in [1.807, 2.05) is 6.92 Å². The molecule has 0 saturated carbocycles. The molecule has 2 unspecified atom stereocenters. The highest BCUT2D eigenvalue weighted by Crippen LogP contribution is 2.15. The summed E-state index contributed by atoms with van der Waals surface area (Å²) in [5, 5.41) is 7.21. The van der Waals surface area contributed by atoms with Crippen molar-refractivity contribution in [1.29, 1.82) is 5.41 Å². The van der Waals surface area contributed by atoms with E-state index in [0.717, 1.165) is 12.1 Å². The smallest absolute Gasteiger partial charge is 0.0111 e. The molecule has 1 nitrogen and oxygen atoms in total. The molecular weight excluding hydrogens is 225 g/mol. The van der Waals surface area contributed by atoms with Gasteiger partial charge in [-0.05, 0) is 19.3 Å². The summed E-state index contributed by atoms with van der Waals surface area (Å²) in [5.74, 6) is 0.656. The fraction of sp³-hybridized carbons (Fsp3) is 0.857. The van der Waals surface area contributed by atoms with E-state index in [1.165, 1.54) is 0 Å². The highest BCUT2D eigenvalue weighted by Gasteiger charge is 2.07. The summed E-state index contributed by atoms with van der Waals surface area (Å²) in [5.41, 5.74) is 0.797. The van der Waals surface area contributed by atoms with Gasteiger partial charge in [0.1, 0.15) is 0 Å². The van der Waals surface area contributed by atoms with Crippen LogP contribution in [0.3, 0.4) is 0 Å². The maximum Gasteiger partial charge on any atom is 0.0111 e. The van der Waals surface area contributed by atoms with Crippen molar-refractivity contribution in [2.75, 3.05) is 0 Å². The Kier molecular flexibility index (Phi) is 4.44. The molecule has 2 heteroatoms. The van der Waals surface area contributed by atoms with Gasteiger partial charge in [0.25, 0.3) is 0 Å². The zero-order chi connectivity index (χ0) is 7.44. The number of nitrogens with one attached hydrogen (secondary N) is 1. The lowest BCUT2D eigenvalue weighted by Crippen LogP contribution is -2.09. The summed E-state index contributed by atoms with van der Waals surface area (Å²) in [6, 6.07) is 0. The fourth-order valence-electron chi connectivity index (χ4n) is 0.645. The molecule has 1 N–H and O–H groups in total. The first kappa shape index (κ1) is 9.40. The number of rotatable bonds is 3. The standard InChI is InChI=1S/C7H14IN/c1-5(7(3)8)4-6(2)9/h5,7,9H,4H2,1-3H3. The Labute approximate surface area is 70.9 Å².